The minimum absolute atomic E-state index is 0.325. The van der Waals surface area contributed by atoms with Crippen molar-refractivity contribution >= 4 is 11.9 Å². The molecule has 5 heteroatoms. The molecule has 0 aliphatic rings. The molecule has 0 fully saturated rings. The van der Waals surface area contributed by atoms with Gasteiger partial charge in [0.05, 0.1) is 0 Å². The fraction of sp³-hybridized carbons (Fsp3) is 0.375. The smallest absolute Gasteiger partial charge is 0.329 e. The maximum atomic E-state index is 12.2. The first kappa shape index (κ1) is 16.8. The molecular weight excluding hydrogens is 270 g/mol. The Hall–Kier alpha value is -2.30. The van der Waals surface area contributed by atoms with Gasteiger partial charge in [0.2, 0.25) is 0 Å². The number of aliphatic carboxylic acids is 1. The summed E-state index contributed by atoms with van der Waals surface area (Å²) in [5.41, 5.74) is -0.830. The molecule has 1 aromatic rings. The van der Waals surface area contributed by atoms with Crippen LogP contribution in [0, 0.1) is 0 Å². The summed E-state index contributed by atoms with van der Waals surface area (Å²) in [6.45, 7) is 7.42. The van der Waals surface area contributed by atoms with Crippen LogP contribution in [0.5, 0.6) is 5.75 Å². The van der Waals surface area contributed by atoms with Gasteiger partial charge in [0.15, 0.2) is 0 Å². The van der Waals surface area contributed by atoms with Crippen LogP contribution in [0.25, 0.3) is 0 Å². The van der Waals surface area contributed by atoms with Crippen molar-refractivity contribution in [2.45, 2.75) is 32.2 Å². The first-order valence-electron chi connectivity index (χ1n) is 6.88. The molecule has 0 atom stereocenters. The topological polar surface area (TPSA) is 75.6 Å². The van der Waals surface area contributed by atoms with E-state index in [9.17, 15) is 14.7 Å². The highest BCUT2D eigenvalue weighted by Crippen LogP contribution is 2.18. The number of carbonyl (C=O) groups is 2. The molecule has 0 aliphatic heterocycles. The van der Waals surface area contributed by atoms with E-state index in [0.717, 1.165) is 0 Å². The normalized spacial score (nSPS) is 10.8. The lowest BCUT2D eigenvalue weighted by Crippen LogP contribution is -2.53. The fourth-order valence-electron chi connectivity index (χ4n) is 1.93. The van der Waals surface area contributed by atoms with E-state index >= 15 is 0 Å². The van der Waals surface area contributed by atoms with E-state index in [1.165, 1.54) is 0 Å². The SMILES string of the molecule is C=CCOc1ccc(C(=O)NC(CC)(CC)C(=O)O)cc1. The Kier molecular flexibility index (Phi) is 5.96. The molecule has 0 spiro atoms. The van der Waals surface area contributed by atoms with E-state index in [4.69, 9.17) is 4.74 Å². The van der Waals surface area contributed by atoms with Gasteiger partial charge in [0, 0.05) is 5.56 Å². The van der Waals surface area contributed by atoms with Crippen molar-refractivity contribution in [2.75, 3.05) is 6.61 Å². The Bertz CT molecular complexity index is 504. The molecule has 2 N–H and O–H groups in total. The number of rotatable bonds is 8. The summed E-state index contributed by atoms with van der Waals surface area (Å²) in [5.74, 6) is -0.801. The maximum absolute atomic E-state index is 12.2. The Morgan fingerprint density at radius 3 is 2.29 bits per heavy atom. The number of benzene rings is 1. The zero-order chi connectivity index (χ0) is 15.9. The van der Waals surface area contributed by atoms with Crippen LogP contribution in [0.3, 0.4) is 0 Å². The van der Waals surface area contributed by atoms with Crippen molar-refractivity contribution in [3.05, 3.63) is 42.5 Å². The van der Waals surface area contributed by atoms with Gasteiger partial charge in [-0.1, -0.05) is 26.5 Å². The summed E-state index contributed by atoms with van der Waals surface area (Å²) < 4.78 is 5.33. The average molecular weight is 291 g/mol. The van der Waals surface area contributed by atoms with Crippen molar-refractivity contribution in [3.63, 3.8) is 0 Å². The standard InChI is InChI=1S/C16H21NO4/c1-4-11-21-13-9-7-12(8-10-13)14(18)17-16(5-2,6-3)15(19)20/h4,7-10H,1,5-6,11H2,2-3H3,(H,17,18)(H,19,20). The van der Waals surface area contributed by atoms with E-state index in [-0.39, 0.29) is 0 Å². The Labute approximate surface area is 124 Å². The summed E-state index contributed by atoms with van der Waals surface area (Å²) in [4.78, 5) is 23.6. The van der Waals surface area contributed by atoms with Gasteiger partial charge in [-0.2, -0.15) is 0 Å². The second-order valence-electron chi connectivity index (χ2n) is 4.67. The molecular formula is C16H21NO4. The molecule has 0 saturated carbocycles. The molecule has 0 bridgehead atoms. The molecule has 21 heavy (non-hydrogen) atoms. The van der Waals surface area contributed by atoms with Gasteiger partial charge in [-0.25, -0.2) is 4.79 Å². The molecule has 0 radical (unpaired) electrons. The van der Waals surface area contributed by atoms with Crippen molar-refractivity contribution in [1.29, 1.82) is 0 Å². The maximum Gasteiger partial charge on any atom is 0.329 e. The number of hydrogen-bond acceptors (Lipinski definition) is 3. The molecule has 1 amide bonds. The lowest BCUT2D eigenvalue weighted by atomic mass is 9.92. The van der Waals surface area contributed by atoms with Crippen molar-refractivity contribution < 1.29 is 19.4 Å². The Balaban J connectivity index is 2.83. The van der Waals surface area contributed by atoms with Crippen molar-refractivity contribution in [1.82, 2.24) is 5.32 Å². The van der Waals surface area contributed by atoms with Crippen LogP contribution < -0.4 is 10.1 Å². The summed E-state index contributed by atoms with van der Waals surface area (Å²) >= 11 is 0. The molecule has 0 aromatic heterocycles. The molecule has 5 nitrogen and oxygen atoms in total. The van der Waals surface area contributed by atoms with E-state index < -0.39 is 17.4 Å². The fourth-order valence-corrected chi connectivity index (χ4v) is 1.93. The number of ether oxygens (including phenoxy) is 1. The quantitative estimate of drug-likeness (QED) is 0.722. The number of carbonyl (C=O) groups excluding carboxylic acids is 1. The van der Waals surface area contributed by atoms with Gasteiger partial charge >= 0.3 is 5.97 Å². The van der Waals surface area contributed by atoms with Gasteiger partial charge in [-0.15, -0.1) is 0 Å². The third-order valence-corrected chi connectivity index (χ3v) is 3.45. The van der Waals surface area contributed by atoms with Gasteiger partial charge in [0.1, 0.15) is 17.9 Å². The van der Waals surface area contributed by atoms with Crippen LogP contribution in [-0.4, -0.2) is 29.1 Å². The third kappa shape index (κ3) is 4.08. The predicted molar refractivity (Wildman–Crippen MR) is 80.5 cm³/mol. The largest absolute Gasteiger partial charge is 0.490 e. The van der Waals surface area contributed by atoms with Gasteiger partial charge in [-0.3, -0.25) is 4.79 Å². The van der Waals surface area contributed by atoms with E-state index in [0.29, 0.717) is 30.8 Å². The summed E-state index contributed by atoms with van der Waals surface area (Å²) in [5, 5.41) is 11.9. The summed E-state index contributed by atoms with van der Waals surface area (Å²) in [6.07, 6.45) is 2.28. The summed E-state index contributed by atoms with van der Waals surface area (Å²) in [7, 11) is 0. The average Bonchev–Trinajstić information content (AvgIpc) is 2.50. The molecule has 0 unspecified atom stereocenters. The van der Waals surface area contributed by atoms with E-state index in [2.05, 4.69) is 11.9 Å². The molecule has 0 aliphatic carbocycles. The number of amides is 1. The van der Waals surface area contributed by atoms with Crippen LogP contribution in [0.15, 0.2) is 36.9 Å². The summed E-state index contributed by atoms with van der Waals surface area (Å²) in [6, 6.07) is 6.54. The molecule has 0 saturated heterocycles. The van der Waals surface area contributed by atoms with Crippen molar-refractivity contribution in [3.8, 4) is 5.75 Å². The number of carboxylic acids is 1. The minimum Gasteiger partial charge on any atom is -0.490 e. The van der Waals surface area contributed by atoms with Gasteiger partial charge in [0.25, 0.3) is 5.91 Å². The molecule has 114 valence electrons. The predicted octanol–water partition coefficient (Wildman–Crippen LogP) is 2.62. The van der Waals surface area contributed by atoms with Gasteiger partial charge in [-0.05, 0) is 37.1 Å². The molecule has 1 aromatic carbocycles. The highest BCUT2D eigenvalue weighted by Gasteiger charge is 2.36. The van der Waals surface area contributed by atoms with Gasteiger partial charge < -0.3 is 15.2 Å². The van der Waals surface area contributed by atoms with Crippen LogP contribution in [0.1, 0.15) is 37.0 Å². The second kappa shape index (κ2) is 7.47. The minimum atomic E-state index is -1.23. The van der Waals surface area contributed by atoms with Crippen molar-refractivity contribution in [2.24, 2.45) is 0 Å². The number of nitrogens with one attached hydrogen (secondary N) is 1. The Morgan fingerprint density at radius 2 is 1.86 bits per heavy atom. The number of hydrogen-bond donors (Lipinski definition) is 2. The van der Waals surface area contributed by atoms with E-state index in [1.807, 2.05) is 0 Å². The highest BCUT2D eigenvalue weighted by atomic mass is 16.5. The van der Waals surface area contributed by atoms with Crippen LogP contribution in [-0.2, 0) is 4.79 Å². The molecule has 1 rings (SSSR count). The number of carboxylic acid groups (broad SMARTS) is 1. The van der Waals surface area contributed by atoms with Crippen LogP contribution >= 0.6 is 0 Å². The third-order valence-electron chi connectivity index (χ3n) is 3.45. The molecule has 0 heterocycles. The highest BCUT2D eigenvalue weighted by molar-refractivity contribution is 5.97. The lowest BCUT2D eigenvalue weighted by molar-refractivity contribution is -0.144. The van der Waals surface area contributed by atoms with E-state index in [1.54, 1.807) is 44.2 Å². The Morgan fingerprint density at radius 1 is 1.29 bits per heavy atom. The zero-order valence-electron chi connectivity index (χ0n) is 12.4. The lowest BCUT2D eigenvalue weighted by Gasteiger charge is -2.28. The monoisotopic (exact) mass is 291 g/mol. The van der Waals surface area contributed by atoms with Crippen LogP contribution in [0.2, 0.25) is 0 Å². The first-order chi connectivity index (χ1) is 9.99. The zero-order valence-corrected chi connectivity index (χ0v) is 12.4. The second-order valence-corrected chi connectivity index (χ2v) is 4.67. The first-order valence-corrected chi connectivity index (χ1v) is 6.88. The van der Waals surface area contributed by atoms with Crippen LogP contribution in [0.4, 0.5) is 0 Å².